The number of hydrogen-bond donors (Lipinski definition) is 2. The van der Waals surface area contributed by atoms with Crippen LogP contribution in [0.1, 0.15) is 48.0 Å². The van der Waals surface area contributed by atoms with Crippen LogP contribution in [0.4, 0.5) is 0 Å². The lowest BCUT2D eigenvalue weighted by Crippen LogP contribution is -2.53. The second-order valence-electron chi connectivity index (χ2n) is 6.13. The zero-order valence-electron chi connectivity index (χ0n) is 12.3. The van der Waals surface area contributed by atoms with E-state index in [9.17, 15) is 9.90 Å². The van der Waals surface area contributed by atoms with Gasteiger partial charge in [-0.3, -0.25) is 9.69 Å². The van der Waals surface area contributed by atoms with Crippen LogP contribution in [0.5, 0.6) is 0 Å². The van der Waals surface area contributed by atoms with E-state index >= 15 is 0 Å². The van der Waals surface area contributed by atoms with E-state index in [1.54, 1.807) is 13.8 Å². The van der Waals surface area contributed by atoms with Crippen LogP contribution in [0.3, 0.4) is 0 Å². The molecule has 17 heavy (non-hydrogen) atoms. The molecule has 0 saturated heterocycles. The van der Waals surface area contributed by atoms with Crippen LogP contribution in [0, 0.1) is 0 Å². The lowest BCUT2D eigenvalue weighted by molar-refractivity contribution is -0.127. The van der Waals surface area contributed by atoms with Crippen molar-refractivity contribution in [3.05, 3.63) is 0 Å². The number of carbonyl (C=O) groups is 1. The largest absolute Gasteiger partial charge is 0.389 e. The first kappa shape index (κ1) is 16.4. The molecule has 0 aromatic carbocycles. The Bertz CT molecular complexity index is 257. The molecule has 0 aromatic rings. The van der Waals surface area contributed by atoms with Crippen molar-refractivity contribution in [3.8, 4) is 0 Å². The molecule has 0 fully saturated rings. The van der Waals surface area contributed by atoms with Crippen molar-refractivity contribution in [2.24, 2.45) is 0 Å². The first-order valence-corrected chi connectivity index (χ1v) is 6.23. The second-order valence-corrected chi connectivity index (χ2v) is 6.13. The monoisotopic (exact) mass is 244 g/mol. The zero-order chi connectivity index (χ0) is 13.9. The summed E-state index contributed by atoms with van der Waals surface area (Å²) in [5, 5.41) is 12.7. The van der Waals surface area contributed by atoms with Gasteiger partial charge in [0.25, 0.3) is 0 Å². The molecule has 2 N–H and O–H groups in total. The summed E-state index contributed by atoms with van der Waals surface area (Å²) in [5.41, 5.74) is -0.968. The SMILES string of the molecule is CCC(C)(C)NC(=O)C(C)N(C)CC(C)(C)O. The third-order valence-corrected chi connectivity index (χ3v) is 3.02. The van der Waals surface area contributed by atoms with Gasteiger partial charge in [0.2, 0.25) is 5.91 Å². The van der Waals surface area contributed by atoms with Gasteiger partial charge < -0.3 is 10.4 Å². The minimum absolute atomic E-state index is 0.00333. The van der Waals surface area contributed by atoms with E-state index in [-0.39, 0.29) is 17.5 Å². The molecule has 0 aliphatic carbocycles. The second kappa shape index (κ2) is 5.83. The molecule has 4 nitrogen and oxygen atoms in total. The minimum atomic E-state index is -0.788. The standard InChI is InChI=1S/C13H28N2O2/c1-8-12(3,4)14-11(16)10(2)15(7)9-13(5,6)17/h10,17H,8-9H2,1-7H3,(H,14,16). The van der Waals surface area contributed by atoms with Gasteiger partial charge in [0.05, 0.1) is 11.6 Å². The molecule has 0 radical (unpaired) electrons. The normalized spacial score (nSPS) is 14.9. The maximum absolute atomic E-state index is 12.0. The lowest BCUT2D eigenvalue weighted by atomic mass is 10.0. The van der Waals surface area contributed by atoms with Crippen LogP contribution in [-0.4, -0.2) is 46.7 Å². The Kier molecular flexibility index (Phi) is 5.62. The quantitative estimate of drug-likeness (QED) is 0.742. The number of amides is 1. The first-order chi connectivity index (χ1) is 7.48. The van der Waals surface area contributed by atoms with E-state index in [4.69, 9.17) is 0 Å². The third kappa shape index (κ3) is 6.64. The van der Waals surface area contributed by atoms with Crippen molar-refractivity contribution < 1.29 is 9.90 Å². The molecule has 4 heteroatoms. The molecular weight excluding hydrogens is 216 g/mol. The van der Waals surface area contributed by atoms with Crippen LogP contribution < -0.4 is 5.32 Å². The average molecular weight is 244 g/mol. The molecule has 0 aromatic heterocycles. The summed E-state index contributed by atoms with van der Waals surface area (Å²) in [5.74, 6) is 0.00333. The molecule has 0 saturated carbocycles. The molecule has 1 amide bonds. The van der Waals surface area contributed by atoms with E-state index in [0.717, 1.165) is 6.42 Å². The molecule has 1 unspecified atom stereocenters. The fraction of sp³-hybridized carbons (Fsp3) is 0.923. The maximum atomic E-state index is 12.0. The van der Waals surface area contributed by atoms with Gasteiger partial charge in [0.1, 0.15) is 0 Å². The van der Waals surface area contributed by atoms with Gasteiger partial charge >= 0.3 is 0 Å². The lowest BCUT2D eigenvalue weighted by Gasteiger charge is -2.32. The summed E-state index contributed by atoms with van der Waals surface area (Å²) in [4.78, 5) is 13.9. The smallest absolute Gasteiger partial charge is 0.237 e. The first-order valence-electron chi connectivity index (χ1n) is 6.23. The fourth-order valence-electron chi connectivity index (χ4n) is 1.47. The predicted molar refractivity (Wildman–Crippen MR) is 70.9 cm³/mol. The molecule has 0 aliphatic heterocycles. The number of nitrogens with one attached hydrogen (secondary N) is 1. The summed E-state index contributed by atoms with van der Waals surface area (Å²) in [6, 6.07) is -0.243. The third-order valence-electron chi connectivity index (χ3n) is 3.02. The Morgan fingerprint density at radius 1 is 1.35 bits per heavy atom. The number of likely N-dealkylation sites (N-methyl/N-ethyl adjacent to an activating group) is 1. The van der Waals surface area contributed by atoms with Crippen LogP contribution in [0.15, 0.2) is 0 Å². The summed E-state index contributed by atoms with van der Waals surface area (Å²) in [7, 11) is 1.85. The molecule has 0 bridgehead atoms. The van der Waals surface area contributed by atoms with Crippen molar-refractivity contribution in [3.63, 3.8) is 0 Å². The van der Waals surface area contributed by atoms with E-state index in [0.29, 0.717) is 6.54 Å². The Labute approximate surface area is 105 Å². The van der Waals surface area contributed by atoms with Crippen LogP contribution >= 0.6 is 0 Å². The van der Waals surface area contributed by atoms with E-state index in [1.807, 2.05) is 39.6 Å². The van der Waals surface area contributed by atoms with Crippen molar-refractivity contribution in [2.45, 2.75) is 65.1 Å². The summed E-state index contributed by atoms with van der Waals surface area (Å²) in [6.07, 6.45) is 0.890. The molecule has 0 rings (SSSR count). The van der Waals surface area contributed by atoms with Crippen molar-refractivity contribution >= 4 is 5.91 Å². The van der Waals surface area contributed by atoms with Crippen LogP contribution in [0.25, 0.3) is 0 Å². The summed E-state index contributed by atoms with van der Waals surface area (Å²) >= 11 is 0. The number of nitrogens with zero attached hydrogens (tertiary/aromatic N) is 1. The maximum Gasteiger partial charge on any atom is 0.237 e. The van der Waals surface area contributed by atoms with E-state index < -0.39 is 5.60 Å². The number of carbonyl (C=O) groups excluding carboxylic acids is 1. The molecular formula is C13H28N2O2. The van der Waals surface area contributed by atoms with Gasteiger partial charge in [0, 0.05) is 12.1 Å². The molecule has 102 valence electrons. The molecule has 0 aliphatic rings. The zero-order valence-corrected chi connectivity index (χ0v) is 12.3. The Morgan fingerprint density at radius 2 is 1.82 bits per heavy atom. The number of aliphatic hydroxyl groups is 1. The summed E-state index contributed by atoms with van der Waals surface area (Å²) < 4.78 is 0. The van der Waals surface area contributed by atoms with Crippen molar-refractivity contribution in [1.82, 2.24) is 10.2 Å². The Hall–Kier alpha value is -0.610. The van der Waals surface area contributed by atoms with Crippen molar-refractivity contribution in [2.75, 3.05) is 13.6 Å². The van der Waals surface area contributed by atoms with Gasteiger partial charge in [-0.15, -0.1) is 0 Å². The molecule has 0 heterocycles. The number of rotatable bonds is 6. The Balaban J connectivity index is 4.40. The predicted octanol–water partition coefficient (Wildman–Crippen LogP) is 1.38. The highest BCUT2D eigenvalue weighted by Crippen LogP contribution is 2.10. The van der Waals surface area contributed by atoms with Crippen LogP contribution in [-0.2, 0) is 4.79 Å². The van der Waals surface area contributed by atoms with E-state index in [2.05, 4.69) is 5.32 Å². The number of hydrogen-bond acceptors (Lipinski definition) is 3. The minimum Gasteiger partial charge on any atom is -0.389 e. The van der Waals surface area contributed by atoms with Gasteiger partial charge in [-0.1, -0.05) is 6.92 Å². The summed E-state index contributed by atoms with van der Waals surface area (Å²) in [6.45, 7) is 11.9. The molecule has 0 spiro atoms. The Morgan fingerprint density at radius 3 is 2.18 bits per heavy atom. The highest BCUT2D eigenvalue weighted by atomic mass is 16.3. The van der Waals surface area contributed by atoms with Crippen molar-refractivity contribution in [1.29, 1.82) is 0 Å². The van der Waals surface area contributed by atoms with Gasteiger partial charge in [-0.05, 0) is 48.1 Å². The van der Waals surface area contributed by atoms with Gasteiger partial charge in [-0.2, -0.15) is 0 Å². The van der Waals surface area contributed by atoms with E-state index in [1.165, 1.54) is 0 Å². The van der Waals surface area contributed by atoms with Gasteiger partial charge in [-0.25, -0.2) is 0 Å². The molecule has 1 atom stereocenters. The van der Waals surface area contributed by atoms with Gasteiger partial charge in [0.15, 0.2) is 0 Å². The van der Waals surface area contributed by atoms with Crippen LogP contribution in [0.2, 0.25) is 0 Å². The topological polar surface area (TPSA) is 52.6 Å². The fourth-order valence-corrected chi connectivity index (χ4v) is 1.47. The average Bonchev–Trinajstić information content (AvgIpc) is 2.13. The highest BCUT2D eigenvalue weighted by Gasteiger charge is 2.26. The highest BCUT2D eigenvalue weighted by molar-refractivity contribution is 5.81.